The van der Waals surface area contributed by atoms with Crippen LogP contribution in [0.1, 0.15) is 402 Å². The topological polar surface area (TPSA) is 237 Å². The highest BCUT2D eigenvalue weighted by atomic mass is 31.2. The van der Waals surface area contributed by atoms with Crippen LogP contribution in [-0.4, -0.2) is 96.7 Å². The average Bonchev–Trinajstić information content (AvgIpc) is 1.23. The van der Waals surface area contributed by atoms with Crippen molar-refractivity contribution in [1.29, 1.82) is 0 Å². The summed E-state index contributed by atoms with van der Waals surface area (Å²) >= 11 is 0. The van der Waals surface area contributed by atoms with Crippen LogP contribution in [0.3, 0.4) is 0 Å². The van der Waals surface area contributed by atoms with Gasteiger partial charge in [0.1, 0.15) is 19.3 Å². The maximum absolute atomic E-state index is 13.1. The molecule has 0 rings (SSSR count). The van der Waals surface area contributed by atoms with Crippen LogP contribution in [0.5, 0.6) is 0 Å². The summed E-state index contributed by atoms with van der Waals surface area (Å²) in [4.78, 5) is 72.8. The minimum absolute atomic E-state index is 0.106. The molecule has 2 unspecified atom stereocenters. The van der Waals surface area contributed by atoms with Crippen LogP contribution < -0.4 is 0 Å². The summed E-state index contributed by atoms with van der Waals surface area (Å²) in [6.07, 6.45) is 55.5. The summed E-state index contributed by atoms with van der Waals surface area (Å²) in [6, 6.07) is 0. The third kappa shape index (κ3) is 72.2. The number of phosphoric acid groups is 2. The molecule has 0 amide bonds. The molecule has 0 bridgehead atoms. The Labute approximate surface area is 594 Å². The smallest absolute Gasteiger partial charge is 0.462 e. The predicted molar refractivity (Wildman–Crippen MR) is 395 cm³/mol. The van der Waals surface area contributed by atoms with E-state index in [0.29, 0.717) is 25.7 Å². The fourth-order valence-electron chi connectivity index (χ4n) is 12.0. The molecule has 19 heteroatoms. The largest absolute Gasteiger partial charge is 0.472 e. The Balaban J connectivity index is 5.21. The molecule has 17 nitrogen and oxygen atoms in total. The lowest BCUT2D eigenvalue weighted by atomic mass is 10.0. The lowest BCUT2D eigenvalue weighted by Gasteiger charge is -2.21. The SMILES string of the molecule is CCCCCCCCCCCCC(=O)OC[C@H](COP(=O)(O)OC[C@H](O)COP(=O)(O)OC[C@@H](COC(=O)CCCCCCCCCCCCC(C)C)OC(=O)CCCCCCCCCCCCCCCCCCCCC(C)C)OC(=O)CCCCCCCCCCCCC(C)C. The van der Waals surface area contributed by atoms with Gasteiger partial charge in [0, 0.05) is 25.7 Å². The van der Waals surface area contributed by atoms with E-state index in [1.807, 2.05) is 0 Å². The van der Waals surface area contributed by atoms with Crippen molar-refractivity contribution in [3.63, 3.8) is 0 Å². The summed E-state index contributed by atoms with van der Waals surface area (Å²) in [6.45, 7) is 11.9. The first-order valence-corrected chi connectivity index (χ1v) is 43.3. The van der Waals surface area contributed by atoms with Crippen molar-refractivity contribution in [3.8, 4) is 0 Å². The van der Waals surface area contributed by atoms with Crippen LogP contribution in [0.4, 0.5) is 0 Å². The van der Waals surface area contributed by atoms with E-state index in [4.69, 9.17) is 37.0 Å². The zero-order valence-corrected chi connectivity index (χ0v) is 65.3. The monoisotopic (exact) mass is 1420 g/mol. The highest BCUT2D eigenvalue weighted by molar-refractivity contribution is 7.47. The van der Waals surface area contributed by atoms with Crippen molar-refractivity contribution in [1.82, 2.24) is 0 Å². The lowest BCUT2D eigenvalue weighted by Crippen LogP contribution is -2.30. The number of unbranched alkanes of at least 4 members (excludes halogenated alkanes) is 44. The third-order valence-corrected chi connectivity index (χ3v) is 20.0. The number of ether oxygens (including phenoxy) is 4. The molecule has 0 aromatic rings. The summed E-state index contributed by atoms with van der Waals surface area (Å²) in [5.74, 6) is 0.215. The minimum atomic E-state index is -4.96. The lowest BCUT2D eigenvalue weighted by molar-refractivity contribution is -0.161. The van der Waals surface area contributed by atoms with E-state index in [1.165, 1.54) is 212 Å². The van der Waals surface area contributed by atoms with Crippen LogP contribution in [0.25, 0.3) is 0 Å². The van der Waals surface area contributed by atoms with Gasteiger partial charge >= 0.3 is 39.5 Å². The zero-order valence-electron chi connectivity index (χ0n) is 63.5. The number of rotatable bonds is 76. The molecule has 0 spiro atoms. The van der Waals surface area contributed by atoms with Crippen LogP contribution >= 0.6 is 15.6 Å². The summed E-state index contributed by atoms with van der Waals surface area (Å²) in [7, 11) is -9.91. The van der Waals surface area contributed by atoms with Crippen molar-refractivity contribution in [3.05, 3.63) is 0 Å². The van der Waals surface area contributed by atoms with Gasteiger partial charge in [-0.05, 0) is 43.4 Å². The Hall–Kier alpha value is -1.94. The second-order valence-corrected chi connectivity index (χ2v) is 32.4. The Morgan fingerprint density at radius 3 is 0.701 bits per heavy atom. The van der Waals surface area contributed by atoms with Crippen molar-refractivity contribution in [2.24, 2.45) is 17.8 Å². The van der Waals surface area contributed by atoms with Gasteiger partial charge in [-0.1, -0.05) is 350 Å². The van der Waals surface area contributed by atoms with Crippen molar-refractivity contribution < 1.29 is 80.2 Å². The second-order valence-electron chi connectivity index (χ2n) is 29.5. The van der Waals surface area contributed by atoms with E-state index >= 15 is 0 Å². The molecule has 97 heavy (non-hydrogen) atoms. The molecule has 0 saturated heterocycles. The number of carbonyl (C=O) groups excluding carboxylic acids is 4. The Bertz CT molecular complexity index is 1890. The normalized spacial score (nSPS) is 14.0. The molecule has 3 N–H and O–H groups in total. The quantitative estimate of drug-likeness (QED) is 0.0222. The molecule has 0 radical (unpaired) electrons. The van der Waals surface area contributed by atoms with E-state index in [0.717, 1.165) is 108 Å². The van der Waals surface area contributed by atoms with Crippen LogP contribution in [-0.2, 0) is 65.4 Å². The minimum Gasteiger partial charge on any atom is -0.462 e. The highest BCUT2D eigenvalue weighted by Gasteiger charge is 2.30. The third-order valence-electron chi connectivity index (χ3n) is 18.1. The molecule has 576 valence electrons. The average molecular weight is 1420 g/mol. The van der Waals surface area contributed by atoms with Crippen molar-refractivity contribution in [2.45, 2.75) is 420 Å². The molecule has 0 aromatic carbocycles. The van der Waals surface area contributed by atoms with Gasteiger partial charge in [0.25, 0.3) is 0 Å². The molecule has 0 aliphatic heterocycles. The molecule has 0 aromatic heterocycles. The number of esters is 4. The fourth-order valence-corrected chi connectivity index (χ4v) is 13.5. The summed E-state index contributed by atoms with van der Waals surface area (Å²) < 4.78 is 68.6. The first-order valence-electron chi connectivity index (χ1n) is 40.3. The van der Waals surface area contributed by atoms with Crippen LogP contribution in [0.2, 0.25) is 0 Å². The van der Waals surface area contributed by atoms with Crippen LogP contribution in [0.15, 0.2) is 0 Å². The van der Waals surface area contributed by atoms with Crippen LogP contribution in [0, 0.1) is 17.8 Å². The second kappa shape index (κ2) is 68.5. The Morgan fingerprint density at radius 2 is 0.474 bits per heavy atom. The first kappa shape index (κ1) is 95.1. The predicted octanol–water partition coefficient (Wildman–Crippen LogP) is 23.0. The Kier molecular flexibility index (Phi) is 67.1. The first-order chi connectivity index (χ1) is 46.7. The zero-order chi connectivity index (χ0) is 71.6. The number of carbonyl (C=O) groups is 4. The maximum Gasteiger partial charge on any atom is 0.472 e. The van der Waals surface area contributed by atoms with E-state index < -0.39 is 97.5 Å². The van der Waals surface area contributed by atoms with Gasteiger partial charge < -0.3 is 33.8 Å². The molecule has 0 fully saturated rings. The molecule has 5 atom stereocenters. The molecule has 0 aliphatic carbocycles. The van der Waals surface area contributed by atoms with Gasteiger partial charge in [-0.15, -0.1) is 0 Å². The van der Waals surface area contributed by atoms with Crippen molar-refractivity contribution in [2.75, 3.05) is 39.6 Å². The van der Waals surface area contributed by atoms with Gasteiger partial charge in [-0.25, -0.2) is 9.13 Å². The molecule has 0 saturated carbocycles. The van der Waals surface area contributed by atoms with Gasteiger partial charge in [0.2, 0.25) is 0 Å². The fraction of sp³-hybridized carbons (Fsp3) is 0.949. The van der Waals surface area contributed by atoms with Gasteiger partial charge in [0.05, 0.1) is 26.4 Å². The van der Waals surface area contributed by atoms with Gasteiger partial charge in [-0.2, -0.15) is 0 Å². The molecule has 0 aliphatic rings. The highest BCUT2D eigenvalue weighted by Crippen LogP contribution is 2.45. The summed E-state index contributed by atoms with van der Waals surface area (Å²) in [5.41, 5.74) is 0. The molecule has 0 heterocycles. The number of aliphatic hydroxyl groups excluding tert-OH is 1. The standard InChI is InChI=1S/C78H152O17P2/c1-8-9-10-11-12-13-31-38-45-52-59-75(80)88-65-73(95-78(83)62-55-48-41-34-27-25-30-37-44-51-58-71(6)7)67-92-96(84,85)90-63-72(79)64-91-97(86,87)93-68-74(66-89-76(81)60-53-46-39-32-26-24-29-36-43-50-57-70(4)5)94-77(82)61-54-47-40-33-23-21-19-17-15-14-16-18-20-22-28-35-42-49-56-69(2)3/h69-74,79H,8-68H2,1-7H3,(H,84,85)(H,86,87)/t72-,73+,74+/m0/s1. The number of hydrogen-bond acceptors (Lipinski definition) is 15. The maximum atomic E-state index is 13.1. The molecular formula is C78H152O17P2. The van der Waals surface area contributed by atoms with E-state index in [9.17, 15) is 43.2 Å². The number of phosphoric ester groups is 2. The summed E-state index contributed by atoms with van der Waals surface area (Å²) in [5, 5.41) is 10.6. The van der Waals surface area contributed by atoms with Crippen molar-refractivity contribution >= 4 is 39.5 Å². The van der Waals surface area contributed by atoms with E-state index in [2.05, 4.69) is 48.5 Å². The number of aliphatic hydroxyl groups is 1. The molecular weight excluding hydrogens is 1270 g/mol. The van der Waals surface area contributed by atoms with Gasteiger partial charge in [-0.3, -0.25) is 37.3 Å². The van der Waals surface area contributed by atoms with Gasteiger partial charge in [0.15, 0.2) is 12.2 Å². The van der Waals surface area contributed by atoms with E-state index in [-0.39, 0.29) is 25.7 Å². The Morgan fingerprint density at radius 1 is 0.278 bits per heavy atom. The number of hydrogen-bond donors (Lipinski definition) is 3. The van der Waals surface area contributed by atoms with E-state index in [1.54, 1.807) is 0 Å².